The van der Waals surface area contributed by atoms with Crippen molar-refractivity contribution in [2.45, 2.75) is 26.0 Å². The summed E-state index contributed by atoms with van der Waals surface area (Å²) in [7, 11) is 0. The number of rotatable bonds is 5. The third kappa shape index (κ3) is 2.76. The number of carbonyl (C=O) groups is 1. The van der Waals surface area contributed by atoms with E-state index < -0.39 is 11.6 Å². The summed E-state index contributed by atoms with van der Waals surface area (Å²) in [5.74, 6) is -0.605. The number of aromatic nitrogens is 2. The average Bonchev–Trinajstić information content (AvgIpc) is 2.33. The Morgan fingerprint density at radius 2 is 2.26 bits per heavy atom. The molecule has 1 aromatic rings. The van der Waals surface area contributed by atoms with Crippen LogP contribution in [0.2, 0.25) is 0 Å². The summed E-state index contributed by atoms with van der Waals surface area (Å²) in [6, 6.07) is 0. The molecule has 1 N–H and O–H groups in total. The van der Waals surface area contributed by atoms with Crippen LogP contribution in [0.5, 0.6) is 0 Å². The van der Waals surface area contributed by atoms with Gasteiger partial charge < -0.3 is 19.3 Å². The van der Waals surface area contributed by atoms with Crippen LogP contribution in [0.25, 0.3) is 0 Å². The van der Waals surface area contributed by atoms with Gasteiger partial charge in [0, 0.05) is 18.9 Å². The van der Waals surface area contributed by atoms with Gasteiger partial charge in [0.2, 0.25) is 0 Å². The van der Waals surface area contributed by atoms with Crippen LogP contribution < -0.4 is 10.5 Å². The first kappa shape index (κ1) is 13.5. The van der Waals surface area contributed by atoms with E-state index in [4.69, 9.17) is 9.84 Å². The Bertz CT molecular complexity index is 534. The minimum absolute atomic E-state index is 0.134. The molecule has 0 spiro atoms. The summed E-state index contributed by atoms with van der Waals surface area (Å²) < 4.78 is 6.88. The maximum atomic E-state index is 12.0. The second kappa shape index (κ2) is 5.00. The zero-order chi connectivity index (χ0) is 14.0. The van der Waals surface area contributed by atoms with E-state index in [1.807, 2.05) is 13.8 Å². The monoisotopic (exact) mass is 267 g/mol. The highest BCUT2D eigenvalue weighted by molar-refractivity contribution is 5.68. The number of hydrogen-bond donors (Lipinski definition) is 1. The lowest BCUT2D eigenvalue weighted by atomic mass is 9.96. The Hall–Kier alpha value is -1.89. The molecule has 1 fully saturated rings. The van der Waals surface area contributed by atoms with E-state index in [0.717, 1.165) is 0 Å². The van der Waals surface area contributed by atoms with E-state index in [1.165, 1.54) is 0 Å². The van der Waals surface area contributed by atoms with Gasteiger partial charge in [-0.25, -0.2) is 9.78 Å². The van der Waals surface area contributed by atoms with E-state index in [9.17, 15) is 9.59 Å². The third-order valence-corrected chi connectivity index (χ3v) is 3.13. The van der Waals surface area contributed by atoms with Crippen LogP contribution in [-0.2, 0) is 16.1 Å². The van der Waals surface area contributed by atoms with Crippen molar-refractivity contribution in [3.8, 4) is 0 Å². The van der Waals surface area contributed by atoms with Crippen molar-refractivity contribution in [2.24, 2.45) is 0 Å². The third-order valence-electron chi connectivity index (χ3n) is 3.13. The van der Waals surface area contributed by atoms with Crippen LogP contribution in [0.3, 0.4) is 0 Å². The quantitative estimate of drug-likeness (QED) is 0.804. The van der Waals surface area contributed by atoms with Gasteiger partial charge in [0.25, 0.3) is 5.56 Å². The molecule has 1 aromatic heterocycles. The van der Waals surface area contributed by atoms with Crippen LogP contribution in [0.15, 0.2) is 17.2 Å². The minimum Gasteiger partial charge on any atom is -0.480 e. The van der Waals surface area contributed by atoms with Crippen LogP contribution in [0, 0.1) is 0 Å². The molecule has 1 aliphatic heterocycles. The number of nitrogens with zero attached hydrogens (tertiary/aromatic N) is 3. The number of hydrogen-bond acceptors (Lipinski definition) is 5. The van der Waals surface area contributed by atoms with Crippen molar-refractivity contribution < 1.29 is 14.6 Å². The first-order valence-corrected chi connectivity index (χ1v) is 6.11. The number of carboxylic acid groups (broad SMARTS) is 1. The van der Waals surface area contributed by atoms with Gasteiger partial charge in [0.15, 0.2) is 5.82 Å². The Morgan fingerprint density at radius 3 is 2.84 bits per heavy atom. The highest BCUT2D eigenvalue weighted by Crippen LogP contribution is 2.26. The molecule has 0 radical (unpaired) electrons. The lowest BCUT2D eigenvalue weighted by molar-refractivity contribution is -0.150. The van der Waals surface area contributed by atoms with Crippen molar-refractivity contribution in [3.05, 3.63) is 22.7 Å². The van der Waals surface area contributed by atoms with E-state index >= 15 is 0 Å². The van der Waals surface area contributed by atoms with Crippen LogP contribution >= 0.6 is 0 Å². The molecule has 0 bridgehead atoms. The molecule has 0 atom stereocenters. The Balaban J connectivity index is 2.04. The van der Waals surface area contributed by atoms with E-state index in [0.29, 0.717) is 25.5 Å². The molecule has 104 valence electrons. The standard InChI is InChI=1S/C12H17N3O4/c1-3-14-5-4-13-10(11(14)18)15-7-12(2,8-15)19-6-9(16)17/h4-5H,3,6-8H2,1-2H3,(H,16,17). The number of aliphatic carboxylic acids is 1. The fraction of sp³-hybridized carbons (Fsp3) is 0.583. The average molecular weight is 267 g/mol. The van der Waals surface area contributed by atoms with Crippen LogP contribution in [0.4, 0.5) is 5.82 Å². The first-order valence-electron chi connectivity index (χ1n) is 6.11. The summed E-state index contributed by atoms with van der Waals surface area (Å²) in [6.45, 7) is 4.92. The van der Waals surface area contributed by atoms with Gasteiger partial charge in [-0.1, -0.05) is 0 Å². The highest BCUT2D eigenvalue weighted by atomic mass is 16.5. The second-order valence-electron chi connectivity index (χ2n) is 4.83. The molecule has 0 saturated carbocycles. The van der Waals surface area contributed by atoms with Gasteiger partial charge in [-0.15, -0.1) is 0 Å². The molecule has 0 aliphatic carbocycles. The van der Waals surface area contributed by atoms with Crippen molar-refractivity contribution >= 4 is 11.8 Å². The van der Waals surface area contributed by atoms with Gasteiger partial charge in [-0.05, 0) is 13.8 Å². The number of ether oxygens (including phenoxy) is 1. The Labute approximate surface area is 110 Å². The SMILES string of the molecule is CCn1ccnc(N2CC(C)(OCC(=O)O)C2)c1=O. The van der Waals surface area contributed by atoms with Crippen LogP contribution in [-0.4, -0.2) is 45.9 Å². The van der Waals surface area contributed by atoms with Crippen molar-refractivity contribution in [1.29, 1.82) is 0 Å². The molecule has 2 rings (SSSR count). The molecule has 7 heteroatoms. The Morgan fingerprint density at radius 1 is 1.58 bits per heavy atom. The van der Waals surface area contributed by atoms with E-state index in [2.05, 4.69) is 4.98 Å². The summed E-state index contributed by atoms with van der Waals surface area (Å²) in [4.78, 5) is 28.4. The fourth-order valence-electron chi connectivity index (χ4n) is 2.14. The lowest BCUT2D eigenvalue weighted by Crippen LogP contribution is -2.63. The van der Waals surface area contributed by atoms with Gasteiger partial charge in [0.1, 0.15) is 12.2 Å². The molecule has 2 heterocycles. The Kier molecular flexibility index (Phi) is 3.57. The second-order valence-corrected chi connectivity index (χ2v) is 4.83. The molecule has 7 nitrogen and oxygen atoms in total. The topological polar surface area (TPSA) is 84.7 Å². The van der Waals surface area contributed by atoms with Crippen molar-refractivity contribution in [3.63, 3.8) is 0 Å². The van der Waals surface area contributed by atoms with Gasteiger partial charge in [-0.2, -0.15) is 0 Å². The zero-order valence-electron chi connectivity index (χ0n) is 11.0. The number of carboxylic acids is 1. The molecular weight excluding hydrogens is 250 g/mol. The largest absolute Gasteiger partial charge is 0.480 e. The van der Waals surface area contributed by atoms with Gasteiger partial charge >= 0.3 is 5.97 Å². The molecule has 1 aliphatic rings. The predicted molar refractivity (Wildman–Crippen MR) is 68.4 cm³/mol. The number of anilines is 1. The van der Waals surface area contributed by atoms with Crippen LogP contribution in [0.1, 0.15) is 13.8 Å². The molecule has 0 aromatic carbocycles. The zero-order valence-corrected chi connectivity index (χ0v) is 11.0. The predicted octanol–water partition coefficient (Wildman–Crippen LogP) is -0.0569. The van der Waals surface area contributed by atoms with Crippen molar-refractivity contribution in [2.75, 3.05) is 24.6 Å². The maximum Gasteiger partial charge on any atom is 0.329 e. The summed E-state index contributed by atoms with van der Waals surface area (Å²) in [6.07, 6.45) is 3.24. The molecule has 19 heavy (non-hydrogen) atoms. The first-order chi connectivity index (χ1) is 8.95. The maximum absolute atomic E-state index is 12.0. The summed E-state index contributed by atoms with van der Waals surface area (Å²) in [5.41, 5.74) is -0.662. The summed E-state index contributed by atoms with van der Waals surface area (Å²) >= 11 is 0. The van der Waals surface area contributed by atoms with Gasteiger partial charge in [-0.3, -0.25) is 4.79 Å². The minimum atomic E-state index is -0.995. The molecule has 1 saturated heterocycles. The molecule has 0 amide bonds. The van der Waals surface area contributed by atoms with Crippen molar-refractivity contribution in [1.82, 2.24) is 9.55 Å². The molecular formula is C12H17N3O4. The molecule has 0 unspecified atom stereocenters. The van der Waals surface area contributed by atoms with E-state index in [-0.39, 0.29) is 12.2 Å². The van der Waals surface area contributed by atoms with Gasteiger partial charge in [0.05, 0.1) is 13.1 Å². The lowest BCUT2D eigenvalue weighted by Gasteiger charge is -2.47. The summed E-state index contributed by atoms with van der Waals surface area (Å²) in [5, 5.41) is 8.59. The normalized spacial score (nSPS) is 17.1. The number of aryl methyl sites for hydroxylation is 1. The smallest absolute Gasteiger partial charge is 0.329 e. The highest BCUT2D eigenvalue weighted by Gasteiger charge is 2.42. The fourth-order valence-corrected chi connectivity index (χ4v) is 2.14. The van der Waals surface area contributed by atoms with E-state index in [1.54, 1.807) is 21.9 Å².